The highest BCUT2D eigenvalue weighted by molar-refractivity contribution is 5.32. The number of nitrogens with zero attached hydrogens (tertiary/aromatic N) is 3. The summed E-state index contributed by atoms with van der Waals surface area (Å²) in [6.45, 7) is 6.33. The third kappa shape index (κ3) is 2.58. The lowest BCUT2D eigenvalue weighted by molar-refractivity contribution is 0.656. The first-order valence-corrected chi connectivity index (χ1v) is 7.35. The van der Waals surface area contributed by atoms with Crippen LogP contribution in [0.3, 0.4) is 0 Å². The Hall–Kier alpha value is -1.77. The van der Waals surface area contributed by atoms with Gasteiger partial charge >= 0.3 is 0 Å². The molecule has 0 radical (unpaired) electrons. The predicted octanol–water partition coefficient (Wildman–Crippen LogP) is 3.58. The molecule has 2 aromatic rings. The van der Waals surface area contributed by atoms with Crippen LogP contribution in [-0.4, -0.2) is 15.2 Å². The van der Waals surface area contributed by atoms with Gasteiger partial charge in [-0.1, -0.05) is 19.9 Å². The van der Waals surface area contributed by atoms with Crippen LogP contribution in [0.15, 0.2) is 30.5 Å². The lowest BCUT2D eigenvalue weighted by atomic mass is 9.91. The highest BCUT2D eigenvalue weighted by Crippen LogP contribution is 2.50. The Bertz CT molecular complexity index is 581. The molecule has 3 heteroatoms. The predicted molar refractivity (Wildman–Crippen MR) is 79.7 cm³/mol. The number of aryl methyl sites for hydroxylation is 1. The van der Waals surface area contributed by atoms with Crippen LogP contribution in [0.4, 0.5) is 0 Å². The molecule has 20 heavy (non-hydrogen) atoms. The van der Waals surface area contributed by atoms with Gasteiger partial charge in [-0.05, 0) is 49.4 Å². The van der Waals surface area contributed by atoms with E-state index in [1.54, 1.807) is 0 Å². The van der Waals surface area contributed by atoms with Crippen molar-refractivity contribution in [3.63, 3.8) is 0 Å². The van der Waals surface area contributed by atoms with E-state index < -0.39 is 0 Å². The van der Waals surface area contributed by atoms with Crippen molar-refractivity contribution >= 4 is 0 Å². The van der Waals surface area contributed by atoms with Crippen molar-refractivity contribution in [3.8, 4) is 0 Å². The summed E-state index contributed by atoms with van der Waals surface area (Å²) in [5.74, 6) is 0.488. The summed E-state index contributed by atoms with van der Waals surface area (Å²) in [5, 5.41) is 8.46. The van der Waals surface area contributed by atoms with Gasteiger partial charge in [-0.15, -0.1) is 0 Å². The second-order valence-electron chi connectivity index (χ2n) is 6.25. The first-order valence-electron chi connectivity index (χ1n) is 7.35. The molecule has 3 nitrogen and oxygen atoms in total. The molecular formula is C17H21N3. The number of pyridine rings is 1. The van der Waals surface area contributed by atoms with Crippen LogP contribution < -0.4 is 0 Å². The van der Waals surface area contributed by atoms with Gasteiger partial charge in [-0.3, -0.25) is 4.98 Å². The van der Waals surface area contributed by atoms with Crippen molar-refractivity contribution in [3.05, 3.63) is 53.1 Å². The maximum atomic E-state index is 4.60. The van der Waals surface area contributed by atoms with Crippen LogP contribution in [0.5, 0.6) is 0 Å². The van der Waals surface area contributed by atoms with E-state index in [-0.39, 0.29) is 5.41 Å². The standard InChI is InChI=1S/C17H21N3/c1-12(2)16-7-5-14(11-18-16)17(8-9-17)10-15-6-4-13(3)19-20-15/h4-7,11-12H,8-10H2,1-3H3. The maximum absolute atomic E-state index is 4.60. The summed E-state index contributed by atoms with van der Waals surface area (Å²) in [4.78, 5) is 4.60. The zero-order valence-electron chi connectivity index (χ0n) is 12.4. The Balaban J connectivity index is 1.80. The minimum absolute atomic E-state index is 0.256. The molecule has 0 atom stereocenters. The minimum Gasteiger partial charge on any atom is -0.261 e. The van der Waals surface area contributed by atoms with Gasteiger partial charge in [-0.25, -0.2) is 0 Å². The Morgan fingerprint density at radius 2 is 1.90 bits per heavy atom. The summed E-state index contributed by atoms with van der Waals surface area (Å²) in [6.07, 6.45) is 5.49. The SMILES string of the molecule is Cc1ccc(CC2(c3ccc(C(C)C)nc3)CC2)nn1. The monoisotopic (exact) mass is 267 g/mol. The van der Waals surface area contributed by atoms with Crippen LogP contribution in [-0.2, 0) is 11.8 Å². The molecule has 0 unspecified atom stereocenters. The van der Waals surface area contributed by atoms with Gasteiger partial charge in [0.25, 0.3) is 0 Å². The molecule has 3 rings (SSSR count). The van der Waals surface area contributed by atoms with E-state index in [0.717, 1.165) is 17.8 Å². The van der Waals surface area contributed by atoms with Crippen LogP contribution in [0.1, 0.15) is 55.3 Å². The van der Waals surface area contributed by atoms with Crippen LogP contribution in [0.25, 0.3) is 0 Å². The van der Waals surface area contributed by atoms with Gasteiger partial charge in [0.15, 0.2) is 0 Å². The van der Waals surface area contributed by atoms with E-state index in [1.165, 1.54) is 24.1 Å². The van der Waals surface area contributed by atoms with Gasteiger partial charge in [-0.2, -0.15) is 10.2 Å². The fraction of sp³-hybridized carbons (Fsp3) is 0.471. The van der Waals surface area contributed by atoms with Gasteiger partial charge in [0, 0.05) is 23.7 Å². The van der Waals surface area contributed by atoms with E-state index in [1.807, 2.05) is 13.0 Å². The average Bonchev–Trinajstić information content (AvgIpc) is 3.22. The van der Waals surface area contributed by atoms with Gasteiger partial charge in [0.2, 0.25) is 0 Å². The molecule has 1 saturated carbocycles. The summed E-state index contributed by atoms with van der Waals surface area (Å²) < 4.78 is 0. The number of aromatic nitrogens is 3. The number of rotatable bonds is 4. The first kappa shape index (κ1) is 13.2. The second kappa shape index (κ2) is 4.97. The van der Waals surface area contributed by atoms with Gasteiger partial charge in [0.05, 0.1) is 11.4 Å². The maximum Gasteiger partial charge on any atom is 0.0640 e. The summed E-state index contributed by atoms with van der Waals surface area (Å²) >= 11 is 0. The third-order valence-electron chi connectivity index (χ3n) is 4.22. The van der Waals surface area contributed by atoms with E-state index in [4.69, 9.17) is 0 Å². The van der Waals surface area contributed by atoms with Crippen LogP contribution in [0, 0.1) is 6.92 Å². The largest absolute Gasteiger partial charge is 0.261 e. The van der Waals surface area contributed by atoms with Crippen molar-refractivity contribution in [1.29, 1.82) is 0 Å². The molecule has 2 aromatic heterocycles. The smallest absolute Gasteiger partial charge is 0.0640 e. The topological polar surface area (TPSA) is 38.7 Å². The molecular weight excluding hydrogens is 246 g/mol. The van der Waals surface area contributed by atoms with Crippen LogP contribution >= 0.6 is 0 Å². The van der Waals surface area contributed by atoms with E-state index in [9.17, 15) is 0 Å². The Morgan fingerprint density at radius 1 is 1.10 bits per heavy atom. The summed E-state index contributed by atoms with van der Waals surface area (Å²) in [6, 6.07) is 8.55. The average molecular weight is 267 g/mol. The van der Waals surface area contributed by atoms with Crippen LogP contribution in [0.2, 0.25) is 0 Å². The Labute approximate surface area is 120 Å². The van der Waals surface area contributed by atoms with Crippen molar-refractivity contribution < 1.29 is 0 Å². The number of hydrogen-bond acceptors (Lipinski definition) is 3. The normalized spacial score (nSPS) is 16.4. The fourth-order valence-electron chi connectivity index (χ4n) is 2.65. The number of hydrogen-bond donors (Lipinski definition) is 0. The summed E-state index contributed by atoms with van der Waals surface area (Å²) in [7, 11) is 0. The molecule has 1 fully saturated rings. The van der Waals surface area contributed by atoms with Gasteiger partial charge < -0.3 is 0 Å². The summed E-state index contributed by atoms with van der Waals surface area (Å²) in [5.41, 5.74) is 4.83. The molecule has 0 N–H and O–H groups in total. The van der Waals surface area contributed by atoms with E-state index in [2.05, 4.69) is 53.4 Å². The van der Waals surface area contributed by atoms with E-state index in [0.29, 0.717) is 5.92 Å². The zero-order chi connectivity index (χ0) is 14.2. The minimum atomic E-state index is 0.256. The Kier molecular flexibility index (Phi) is 3.28. The lowest BCUT2D eigenvalue weighted by Gasteiger charge is -2.15. The third-order valence-corrected chi connectivity index (χ3v) is 4.22. The first-order chi connectivity index (χ1) is 9.59. The van der Waals surface area contributed by atoms with E-state index >= 15 is 0 Å². The highest BCUT2D eigenvalue weighted by Gasteiger charge is 2.44. The molecule has 1 aliphatic carbocycles. The highest BCUT2D eigenvalue weighted by atomic mass is 15.1. The molecule has 0 amide bonds. The molecule has 0 spiro atoms. The molecule has 0 bridgehead atoms. The van der Waals surface area contributed by atoms with Crippen molar-refractivity contribution in [2.24, 2.45) is 0 Å². The second-order valence-corrected chi connectivity index (χ2v) is 6.25. The molecule has 2 heterocycles. The van der Waals surface area contributed by atoms with Crippen molar-refractivity contribution in [2.75, 3.05) is 0 Å². The van der Waals surface area contributed by atoms with Gasteiger partial charge in [0.1, 0.15) is 0 Å². The lowest BCUT2D eigenvalue weighted by Crippen LogP contribution is -2.13. The molecule has 0 aromatic carbocycles. The molecule has 1 aliphatic rings. The fourth-order valence-corrected chi connectivity index (χ4v) is 2.65. The molecule has 0 saturated heterocycles. The Morgan fingerprint density at radius 3 is 2.40 bits per heavy atom. The van der Waals surface area contributed by atoms with Crippen molar-refractivity contribution in [1.82, 2.24) is 15.2 Å². The quantitative estimate of drug-likeness (QED) is 0.850. The molecule has 0 aliphatic heterocycles. The molecule has 104 valence electrons. The van der Waals surface area contributed by atoms with Crippen molar-refractivity contribution in [2.45, 2.75) is 51.4 Å². The zero-order valence-corrected chi connectivity index (χ0v) is 12.4.